The number of carbonyl (C=O) groups excluding carboxylic acids is 1. The minimum Gasteiger partial charge on any atom is -0.343 e. The third-order valence-electron chi connectivity index (χ3n) is 6.69. The van der Waals surface area contributed by atoms with E-state index in [1.165, 1.54) is 25.1 Å². The summed E-state index contributed by atoms with van der Waals surface area (Å²) in [4.78, 5) is 16.6. The van der Waals surface area contributed by atoms with Crippen LogP contribution in [0.4, 0.5) is 18.9 Å². The van der Waals surface area contributed by atoms with Gasteiger partial charge in [-0.3, -0.25) is 19.2 Å². The van der Waals surface area contributed by atoms with Crippen molar-refractivity contribution in [2.24, 2.45) is 0 Å². The lowest BCUT2D eigenvalue weighted by molar-refractivity contribution is -0.130. The molecule has 0 bridgehead atoms. The molecule has 1 amide bonds. The highest BCUT2D eigenvalue weighted by molar-refractivity contribution is 7.92. The normalized spacial score (nSPS) is 14.4. The topological polar surface area (TPSA) is 97.2 Å². The molecule has 0 spiro atoms. The van der Waals surface area contributed by atoms with Crippen LogP contribution < -0.4 is 4.72 Å². The molecule has 0 aliphatic carbocycles. The van der Waals surface area contributed by atoms with E-state index in [1.807, 2.05) is 4.72 Å². The minimum atomic E-state index is -4.65. The molecule has 39 heavy (non-hydrogen) atoms. The number of sulfonamides is 1. The molecule has 12 heteroatoms. The summed E-state index contributed by atoms with van der Waals surface area (Å²) < 4.78 is 73.1. The second-order valence-electron chi connectivity index (χ2n) is 9.19. The first-order valence-electron chi connectivity index (χ1n) is 12.2. The van der Waals surface area contributed by atoms with Gasteiger partial charge < -0.3 is 4.90 Å². The molecule has 3 heterocycles. The van der Waals surface area contributed by atoms with Crippen molar-refractivity contribution in [3.63, 3.8) is 0 Å². The van der Waals surface area contributed by atoms with E-state index in [1.54, 1.807) is 40.3 Å². The van der Waals surface area contributed by atoms with Crippen molar-refractivity contribution >= 4 is 21.6 Å². The highest BCUT2D eigenvalue weighted by Gasteiger charge is 2.27. The van der Waals surface area contributed by atoms with Crippen LogP contribution in [0.5, 0.6) is 0 Å². The van der Waals surface area contributed by atoms with Crippen LogP contribution in [0.3, 0.4) is 0 Å². The van der Waals surface area contributed by atoms with Crippen molar-refractivity contribution < 1.29 is 26.4 Å². The van der Waals surface area contributed by atoms with Crippen molar-refractivity contribution in [3.05, 3.63) is 84.6 Å². The second-order valence-corrected chi connectivity index (χ2v) is 10.8. The number of hydrogen-bond acceptors (Lipinski definition) is 5. The first-order chi connectivity index (χ1) is 18.6. The van der Waals surface area contributed by atoms with Gasteiger partial charge in [-0.2, -0.15) is 5.10 Å². The fourth-order valence-corrected chi connectivity index (χ4v) is 5.79. The van der Waals surface area contributed by atoms with Gasteiger partial charge in [0.05, 0.1) is 11.7 Å². The van der Waals surface area contributed by atoms with Gasteiger partial charge >= 0.3 is 0 Å². The number of piperidine rings is 1. The molecule has 1 N–H and O–H groups in total. The van der Waals surface area contributed by atoms with E-state index in [0.717, 1.165) is 11.6 Å². The van der Waals surface area contributed by atoms with Crippen LogP contribution in [0, 0.1) is 17.5 Å². The molecule has 0 saturated carbocycles. The van der Waals surface area contributed by atoms with E-state index in [2.05, 4.69) is 4.98 Å². The van der Waals surface area contributed by atoms with Crippen LogP contribution in [0.1, 0.15) is 25.8 Å². The van der Waals surface area contributed by atoms with Crippen LogP contribution in [0.15, 0.2) is 72.0 Å². The van der Waals surface area contributed by atoms with Crippen molar-refractivity contribution in [1.29, 1.82) is 0 Å². The third-order valence-corrected chi connectivity index (χ3v) is 8.07. The zero-order valence-electron chi connectivity index (χ0n) is 20.8. The number of benzene rings is 2. The maximum atomic E-state index is 15.9. The molecular weight excluding hydrogens is 531 g/mol. The van der Waals surface area contributed by atoms with Crippen LogP contribution >= 0.6 is 0 Å². The van der Waals surface area contributed by atoms with E-state index in [-0.39, 0.29) is 23.2 Å². The van der Waals surface area contributed by atoms with Gasteiger partial charge in [0.25, 0.3) is 10.0 Å². The first kappa shape index (κ1) is 26.4. The summed E-state index contributed by atoms with van der Waals surface area (Å²) in [6.07, 6.45) is 6.32. The van der Waals surface area contributed by atoms with Gasteiger partial charge in [0.15, 0.2) is 5.82 Å². The molecule has 0 atom stereocenters. The van der Waals surface area contributed by atoms with Crippen LogP contribution in [0.25, 0.3) is 22.4 Å². The molecule has 4 aromatic rings. The van der Waals surface area contributed by atoms with Gasteiger partial charge in [-0.05, 0) is 60.9 Å². The number of likely N-dealkylation sites (tertiary alicyclic amines) is 1. The first-order valence-corrected chi connectivity index (χ1v) is 13.6. The SMILES string of the molecule is CC(=O)N1CCC(n2cc(-c3ccncc3)c(-c3cccc(NS(=O)(=O)c4cc(F)ccc4F)c3F)n2)CC1. The largest absolute Gasteiger partial charge is 0.343 e. The van der Waals surface area contributed by atoms with Crippen molar-refractivity contribution in [2.75, 3.05) is 17.8 Å². The number of rotatable bonds is 6. The van der Waals surface area contributed by atoms with Crippen molar-refractivity contribution in [3.8, 4) is 22.4 Å². The second kappa shape index (κ2) is 10.5. The van der Waals surface area contributed by atoms with Crippen LogP contribution in [-0.2, 0) is 14.8 Å². The highest BCUT2D eigenvalue weighted by atomic mass is 32.2. The molecule has 2 aromatic carbocycles. The monoisotopic (exact) mass is 555 g/mol. The predicted molar refractivity (Wildman–Crippen MR) is 139 cm³/mol. The third kappa shape index (κ3) is 5.37. The standard InChI is InChI=1S/C27H24F3N5O3S/c1-17(36)34-13-9-20(10-14-34)35-16-22(18-7-11-31-12-8-18)27(32-35)21-3-2-4-24(26(21)30)33-39(37,38)25-15-19(28)5-6-23(25)29/h2-8,11-12,15-16,20,33H,9-10,13-14H2,1H3. The number of nitrogens with one attached hydrogen (secondary N) is 1. The molecule has 5 rings (SSSR count). The summed E-state index contributed by atoms with van der Waals surface area (Å²) in [6, 6.07) is 9.57. The fraction of sp³-hybridized carbons (Fsp3) is 0.222. The van der Waals surface area contributed by atoms with Crippen LogP contribution in [-0.4, -0.2) is 47.1 Å². The van der Waals surface area contributed by atoms with Gasteiger partial charge in [0.1, 0.15) is 22.2 Å². The number of pyridine rings is 1. The smallest absolute Gasteiger partial charge is 0.265 e. The van der Waals surface area contributed by atoms with Gasteiger partial charge in [-0.15, -0.1) is 0 Å². The Balaban J connectivity index is 1.54. The lowest BCUT2D eigenvalue weighted by Crippen LogP contribution is -2.37. The van der Waals surface area contributed by atoms with E-state index < -0.39 is 38.1 Å². The Morgan fingerprint density at radius 1 is 1.00 bits per heavy atom. The van der Waals surface area contributed by atoms with E-state index >= 15 is 4.39 Å². The molecule has 8 nitrogen and oxygen atoms in total. The minimum absolute atomic E-state index is 0.00606. The summed E-state index contributed by atoms with van der Waals surface area (Å²) >= 11 is 0. The number of carbonyl (C=O) groups is 1. The summed E-state index contributed by atoms with van der Waals surface area (Å²) in [5.74, 6) is -3.04. The maximum Gasteiger partial charge on any atom is 0.265 e. The Kier molecular flexibility index (Phi) is 7.13. The summed E-state index contributed by atoms with van der Waals surface area (Å²) in [5, 5.41) is 4.70. The lowest BCUT2D eigenvalue weighted by Gasteiger charge is -2.31. The molecule has 0 radical (unpaired) electrons. The van der Waals surface area contributed by atoms with Gasteiger partial charge in [0.2, 0.25) is 5.91 Å². The van der Waals surface area contributed by atoms with Gasteiger partial charge in [0, 0.05) is 49.7 Å². The molecule has 1 aliphatic rings. The predicted octanol–water partition coefficient (Wildman–Crippen LogP) is 5.01. The van der Waals surface area contributed by atoms with Crippen molar-refractivity contribution in [2.45, 2.75) is 30.7 Å². The number of hydrogen-bond donors (Lipinski definition) is 1. The Hall–Kier alpha value is -4.19. The molecule has 1 saturated heterocycles. The van der Waals surface area contributed by atoms with E-state index in [4.69, 9.17) is 5.10 Å². The number of anilines is 1. The summed E-state index contributed by atoms with van der Waals surface area (Å²) in [6.45, 7) is 2.67. The molecule has 1 fully saturated rings. The Morgan fingerprint density at radius 2 is 1.72 bits per heavy atom. The molecule has 2 aromatic heterocycles. The Bertz CT molecular complexity index is 1640. The highest BCUT2D eigenvalue weighted by Crippen LogP contribution is 2.37. The van der Waals surface area contributed by atoms with Crippen molar-refractivity contribution in [1.82, 2.24) is 19.7 Å². The molecule has 1 aliphatic heterocycles. The quantitative estimate of drug-likeness (QED) is 0.361. The van der Waals surface area contributed by atoms with Gasteiger partial charge in [-0.1, -0.05) is 6.07 Å². The Labute approximate surface area is 223 Å². The summed E-state index contributed by atoms with van der Waals surface area (Å²) in [5.41, 5.74) is 1.16. The van der Waals surface area contributed by atoms with Crippen LogP contribution in [0.2, 0.25) is 0 Å². The molecular formula is C27H24F3N5O3S. The number of amides is 1. The van der Waals surface area contributed by atoms with E-state index in [0.29, 0.717) is 43.6 Å². The average molecular weight is 556 g/mol. The molecule has 0 unspecified atom stereocenters. The summed E-state index contributed by atoms with van der Waals surface area (Å²) in [7, 11) is -4.65. The average Bonchev–Trinajstić information content (AvgIpc) is 3.37. The zero-order chi connectivity index (χ0) is 27.7. The fourth-order valence-electron chi connectivity index (χ4n) is 4.64. The van der Waals surface area contributed by atoms with Gasteiger partial charge in [-0.25, -0.2) is 21.6 Å². The number of nitrogens with zero attached hydrogens (tertiary/aromatic N) is 4. The Morgan fingerprint density at radius 3 is 2.41 bits per heavy atom. The number of halogens is 3. The lowest BCUT2D eigenvalue weighted by atomic mass is 10.0. The number of aromatic nitrogens is 3. The van der Waals surface area contributed by atoms with E-state index in [9.17, 15) is 22.0 Å². The zero-order valence-corrected chi connectivity index (χ0v) is 21.6. The molecule has 202 valence electrons. The maximum absolute atomic E-state index is 15.9.